The topological polar surface area (TPSA) is 54.3 Å². The van der Waals surface area contributed by atoms with Crippen LogP contribution in [0.25, 0.3) is 0 Å². The molecule has 1 heterocycles. The molecule has 1 aromatic carbocycles. The second kappa shape index (κ2) is 4.97. The first-order chi connectivity index (χ1) is 7.83. The van der Waals surface area contributed by atoms with Crippen molar-refractivity contribution in [2.75, 3.05) is 20.2 Å². The molecule has 0 saturated carbocycles. The van der Waals surface area contributed by atoms with Gasteiger partial charge in [0.2, 0.25) is 0 Å². The zero-order chi connectivity index (χ0) is 11.4. The molecule has 0 spiro atoms. The van der Waals surface area contributed by atoms with Gasteiger partial charge in [0, 0.05) is 13.1 Å². The van der Waals surface area contributed by atoms with Gasteiger partial charge in [0.25, 0.3) is 0 Å². The van der Waals surface area contributed by atoms with Gasteiger partial charge in [-0.3, -0.25) is 0 Å². The van der Waals surface area contributed by atoms with Gasteiger partial charge in [0.15, 0.2) is 0 Å². The summed E-state index contributed by atoms with van der Waals surface area (Å²) < 4.78 is 10.8. The van der Waals surface area contributed by atoms with E-state index in [9.17, 15) is 0 Å². The van der Waals surface area contributed by atoms with Crippen molar-refractivity contribution >= 4 is 0 Å². The number of hydrogen-bond acceptors (Lipinski definition) is 4. The average molecular weight is 218 g/mol. The molecule has 0 atom stereocenters. The number of nitrogens with one attached hydrogen (secondary N) is 1. The zero-order valence-corrected chi connectivity index (χ0v) is 9.19. The van der Waals surface area contributed by atoms with Crippen LogP contribution in [-0.2, 0) is 11.3 Å². The molecule has 1 saturated heterocycles. The van der Waals surface area contributed by atoms with E-state index >= 15 is 0 Å². The maximum absolute atomic E-state index is 8.84. The van der Waals surface area contributed by atoms with Crippen LogP contribution in [0.4, 0.5) is 0 Å². The Morgan fingerprint density at radius 3 is 2.88 bits per heavy atom. The maximum Gasteiger partial charge on any atom is 0.136 e. The smallest absolute Gasteiger partial charge is 0.136 e. The van der Waals surface area contributed by atoms with Crippen molar-refractivity contribution in [3.63, 3.8) is 0 Å². The molecule has 1 N–H and O–H groups in total. The Kier molecular flexibility index (Phi) is 3.40. The van der Waals surface area contributed by atoms with E-state index in [2.05, 4.69) is 11.4 Å². The lowest BCUT2D eigenvalue weighted by molar-refractivity contribution is 0.00752. The highest BCUT2D eigenvalue weighted by molar-refractivity contribution is 5.45. The van der Waals surface area contributed by atoms with Crippen molar-refractivity contribution in [3.8, 4) is 11.8 Å². The third kappa shape index (κ3) is 2.32. The van der Waals surface area contributed by atoms with Gasteiger partial charge >= 0.3 is 0 Å². The second-order valence-corrected chi connectivity index (χ2v) is 3.74. The van der Waals surface area contributed by atoms with Crippen molar-refractivity contribution in [1.29, 1.82) is 5.26 Å². The Morgan fingerprint density at radius 2 is 2.31 bits per heavy atom. The van der Waals surface area contributed by atoms with E-state index in [0.29, 0.717) is 24.0 Å². The van der Waals surface area contributed by atoms with E-state index in [4.69, 9.17) is 14.7 Å². The first kappa shape index (κ1) is 10.9. The molecular weight excluding hydrogens is 204 g/mol. The van der Waals surface area contributed by atoms with E-state index in [1.165, 1.54) is 0 Å². The highest BCUT2D eigenvalue weighted by atomic mass is 16.5. The summed E-state index contributed by atoms with van der Waals surface area (Å²) in [7, 11) is 1.57. The zero-order valence-electron chi connectivity index (χ0n) is 9.19. The Morgan fingerprint density at radius 1 is 1.50 bits per heavy atom. The fourth-order valence-electron chi connectivity index (χ4n) is 1.51. The van der Waals surface area contributed by atoms with Crippen LogP contribution in [0.5, 0.6) is 5.75 Å². The van der Waals surface area contributed by atoms with Gasteiger partial charge in [-0.2, -0.15) is 5.26 Å². The molecule has 0 bridgehead atoms. The predicted molar refractivity (Wildman–Crippen MR) is 59.2 cm³/mol. The van der Waals surface area contributed by atoms with Crippen molar-refractivity contribution in [2.24, 2.45) is 0 Å². The molecule has 16 heavy (non-hydrogen) atoms. The van der Waals surface area contributed by atoms with Crippen LogP contribution in [0, 0.1) is 11.3 Å². The van der Waals surface area contributed by atoms with Gasteiger partial charge in [-0.25, -0.2) is 0 Å². The Bertz CT molecular complexity index is 408. The van der Waals surface area contributed by atoms with Crippen LogP contribution in [0.1, 0.15) is 11.1 Å². The summed E-state index contributed by atoms with van der Waals surface area (Å²) in [6, 6.07) is 7.59. The highest BCUT2D eigenvalue weighted by Crippen LogP contribution is 2.20. The fourth-order valence-corrected chi connectivity index (χ4v) is 1.51. The molecular formula is C12H14N2O2. The number of benzene rings is 1. The molecule has 1 fully saturated rings. The van der Waals surface area contributed by atoms with E-state index < -0.39 is 0 Å². The molecule has 1 aliphatic rings. The minimum Gasteiger partial charge on any atom is -0.495 e. The van der Waals surface area contributed by atoms with Crippen LogP contribution >= 0.6 is 0 Å². The first-order valence-corrected chi connectivity index (χ1v) is 5.23. The third-order valence-electron chi connectivity index (χ3n) is 2.62. The third-order valence-corrected chi connectivity index (χ3v) is 2.62. The molecule has 0 aromatic heterocycles. The van der Waals surface area contributed by atoms with Crippen molar-refractivity contribution in [3.05, 3.63) is 29.3 Å². The molecule has 84 valence electrons. The second-order valence-electron chi connectivity index (χ2n) is 3.74. The molecule has 4 heteroatoms. The van der Waals surface area contributed by atoms with E-state index in [1.807, 2.05) is 12.1 Å². The minimum absolute atomic E-state index is 0.321. The van der Waals surface area contributed by atoms with Gasteiger partial charge in [-0.05, 0) is 17.7 Å². The Labute approximate surface area is 94.8 Å². The average Bonchev–Trinajstić information content (AvgIpc) is 2.26. The summed E-state index contributed by atoms with van der Waals surface area (Å²) in [5.74, 6) is 0.607. The summed E-state index contributed by atoms with van der Waals surface area (Å²) >= 11 is 0. The van der Waals surface area contributed by atoms with Gasteiger partial charge in [-0.1, -0.05) is 6.07 Å². The van der Waals surface area contributed by atoms with E-state index in [-0.39, 0.29) is 0 Å². The van der Waals surface area contributed by atoms with Crippen LogP contribution in [-0.4, -0.2) is 26.3 Å². The van der Waals surface area contributed by atoms with Crippen molar-refractivity contribution in [2.45, 2.75) is 12.7 Å². The van der Waals surface area contributed by atoms with Gasteiger partial charge in [0.05, 0.1) is 25.4 Å². The number of methoxy groups -OCH3 is 1. The molecule has 2 rings (SSSR count). The quantitative estimate of drug-likeness (QED) is 0.821. The standard InChI is InChI=1S/C12H14N2O2/c1-15-12-4-9(2-3-10(12)5-13)8-16-11-6-14-7-11/h2-4,11,14H,6-8H2,1H3. The number of ether oxygens (including phenoxy) is 2. The lowest BCUT2D eigenvalue weighted by Gasteiger charge is -2.27. The number of nitrogens with zero attached hydrogens (tertiary/aromatic N) is 1. The molecule has 0 unspecified atom stereocenters. The van der Waals surface area contributed by atoms with E-state index in [1.54, 1.807) is 13.2 Å². The number of nitriles is 1. The Hall–Kier alpha value is -1.57. The van der Waals surface area contributed by atoms with Gasteiger partial charge < -0.3 is 14.8 Å². The maximum atomic E-state index is 8.84. The summed E-state index contributed by atoms with van der Waals surface area (Å²) in [4.78, 5) is 0. The lowest BCUT2D eigenvalue weighted by atomic mass is 10.1. The van der Waals surface area contributed by atoms with Crippen LogP contribution in [0.15, 0.2) is 18.2 Å². The lowest BCUT2D eigenvalue weighted by Crippen LogP contribution is -2.48. The SMILES string of the molecule is COc1cc(COC2CNC2)ccc1C#N. The number of hydrogen-bond donors (Lipinski definition) is 1. The van der Waals surface area contributed by atoms with Crippen LogP contribution in [0.2, 0.25) is 0 Å². The van der Waals surface area contributed by atoms with Crippen molar-refractivity contribution < 1.29 is 9.47 Å². The Balaban J connectivity index is 2.01. The summed E-state index contributed by atoms with van der Waals surface area (Å²) in [5.41, 5.74) is 1.58. The number of rotatable bonds is 4. The van der Waals surface area contributed by atoms with Crippen LogP contribution < -0.4 is 10.1 Å². The molecule has 1 aliphatic heterocycles. The molecule has 4 nitrogen and oxygen atoms in total. The van der Waals surface area contributed by atoms with Gasteiger partial charge in [0.1, 0.15) is 11.8 Å². The molecule has 0 aliphatic carbocycles. The van der Waals surface area contributed by atoms with Crippen molar-refractivity contribution in [1.82, 2.24) is 5.32 Å². The largest absolute Gasteiger partial charge is 0.495 e. The molecule has 0 amide bonds. The van der Waals surface area contributed by atoms with E-state index in [0.717, 1.165) is 18.7 Å². The normalized spacial score (nSPS) is 15.2. The van der Waals surface area contributed by atoms with Gasteiger partial charge in [-0.15, -0.1) is 0 Å². The minimum atomic E-state index is 0.321. The predicted octanol–water partition coefficient (Wildman–Crippen LogP) is 1.06. The van der Waals surface area contributed by atoms with Crippen LogP contribution in [0.3, 0.4) is 0 Å². The summed E-state index contributed by atoms with van der Waals surface area (Å²) in [6.07, 6.45) is 0.321. The first-order valence-electron chi connectivity index (χ1n) is 5.23. The monoisotopic (exact) mass is 218 g/mol. The summed E-state index contributed by atoms with van der Waals surface area (Å²) in [5, 5.41) is 12.0. The molecule has 1 aromatic rings. The highest BCUT2D eigenvalue weighted by Gasteiger charge is 2.16. The molecule has 0 radical (unpaired) electrons. The summed E-state index contributed by atoms with van der Waals surface area (Å²) in [6.45, 7) is 2.41. The fraction of sp³-hybridized carbons (Fsp3) is 0.417.